The molecule has 0 aromatic heterocycles. The molecule has 2 rings (SSSR count). The van der Waals surface area contributed by atoms with Gasteiger partial charge in [-0.05, 0) is 49.8 Å². The molecule has 0 atom stereocenters. The van der Waals surface area contributed by atoms with E-state index in [1.165, 1.54) is 5.56 Å². The van der Waals surface area contributed by atoms with Gasteiger partial charge in [0.2, 0.25) is 5.91 Å². The van der Waals surface area contributed by atoms with E-state index in [0.29, 0.717) is 25.2 Å². The molecule has 0 unspecified atom stereocenters. The van der Waals surface area contributed by atoms with Crippen molar-refractivity contribution in [1.29, 1.82) is 0 Å². The summed E-state index contributed by atoms with van der Waals surface area (Å²) in [5.41, 5.74) is 1.94. The van der Waals surface area contributed by atoms with Crippen LogP contribution >= 0.6 is 12.2 Å². The van der Waals surface area contributed by atoms with Crippen molar-refractivity contribution in [2.45, 2.75) is 19.8 Å². The molecule has 0 radical (unpaired) electrons. The molecule has 2 aromatic rings. The Bertz CT molecular complexity index is 717. The standard InChI is InChI=1S/C19H22N2O3S/c1-14-8-10-16(11-9-14)24-12-4-7-18(22)21-19(25)20-15-5-3-6-17(13-15)23-2/h3,5-6,8-11,13H,4,7,12H2,1-2H3,(H2,20,21,22,25). The molecule has 132 valence electrons. The van der Waals surface area contributed by atoms with Crippen LogP contribution < -0.4 is 20.1 Å². The number of thiocarbonyl (C=S) groups is 1. The van der Waals surface area contributed by atoms with Crippen LogP contribution in [0.3, 0.4) is 0 Å². The van der Waals surface area contributed by atoms with Crippen LogP contribution in [0.4, 0.5) is 5.69 Å². The number of carbonyl (C=O) groups excluding carboxylic acids is 1. The minimum absolute atomic E-state index is 0.145. The number of methoxy groups -OCH3 is 1. The van der Waals surface area contributed by atoms with Crippen molar-refractivity contribution in [2.24, 2.45) is 0 Å². The minimum atomic E-state index is -0.145. The van der Waals surface area contributed by atoms with Gasteiger partial charge in [-0.3, -0.25) is 4.79 Å². The number of benzene rings is 2. The summed E-state index contributed by atoms with van der Waals surface area (Å²) < 4.78 is 10.7. The van der Waals surface area contributed by atoms with Crippen molar-refractivity contribution in [2.75, 3.05) is 19.0 Å². The molecular weight excluding hydrogens is 336 g/mol. The Morgan fingerprint density at radius 2 is 1.88 bits per heavy atom. The van der Waals surface area contributed by atoms with Crippen molar-refractivity contribution < 1.29 is 14.3 Å². The van der Waals surface area contributed by atoms with Gasteiger partial charge in [0.25, 0.3) is 0 Å². The van der Waals surface area contributed by atoms with Gasteiger partial charge in [-0.1, -0.05) is 23.8 Å². The van der Waals surface area contributed by atoms with E-state index in [0.717, 1.165) is 11.4 Å². The molecular formula is C19H22N2O3S. The molecule has 0 spiro atoms. The van der Waals surface area contributed by atoms with E-state index in [2.05, 4.69) is 10.6 Å². The molecule has 0 aliphatic heterocycles. The van der Waals surface area contributed by atoms with Crippen LogP contribution in [-0.2, 0) is 4.79 Å². The number of anilines is 1. The molecule has 0 bridgehead atoms. The first-order valence-corrected chi connectivity index (χ1v) is 8.42. The summed E-state index contributed by atoms with van der Waals surface area (Å²) in [5, 5.41) is 5.88. The van der Waals surface area contributed by atoms with Crippen molar-refractivity contribution in [1.82, 2.24) is 5.32 Å². The van der Waals surface area contributed by atoms with Gasteiger partial charge in [0.15, 0.2) is 5.11 Å². The molecule has 0 aliphatic rings. The lowest BCUT2D eigenvalue weighted by molar-refractivity contribution is -0.119. The van der Waals surface area contributed by atoms with Crippen molar-refractivity contribution in [3.05, 3.63) is 54.1 Å². The highest BCUT2D eigenvalue weighted by Gasteiger charge is 2.06. The lowest BCUT2D eigenvalue weighted by Crippen LogP contribution is -2.34. The lowest BCUT2D eigenvalue weighted by atomic mass is 10.2. The molecule has 1 amide bonds. The van der Waals surface area contributed by atoms with Crippen LogP contribution in [-0.4, -0.2) is 24.7 Å². The fourth-order valence-corrected chi connectivity index (χ4v) is 2.34. The quantitative estimate of drug-likeness (QED) is 0.584. The van der Waals surface area contributed by atoms with Gasteiger partial charge >= 0.3 is 0 Å². The molecule has 0 saturated heterocycles. The Hall–Kier alpha value is -2.60. The first-order chi connectivity index (χ1) is 12.1. The highest BCUT2D eigenvalue weighted by Crippen LogP contribution is 2.16. The maximum atomic E-state index is 11.9. The predicted octanol–water partition coefficient (Wildman–Crippen LogP) is 3.68. The molecule has 5 nitrogen and oxygen atoms in total. The van der Waals surface area contributed by atoms with Crippen LogP contribution in [0.1, 0.15) is 18.4 Å². The van der Waals surface area contributed by atoms with E-state index < -0.39 is 0 Å². The first kappa shape index (κ1) is 18.7. The molecule has 6 heteroatoms. The zero-order valence-corrected chi connectivity index (χ0v) is 15.2. The number of nitrogens with one attached hydrogen (secondary N) is 2. The number of hydrogen-bond acceptors (Lipinski definition) is 4. The number of amides is 1. The van der Waals surface area contributed by atoms with Crippen LogP contribution in [0, 0.1) is 6.92 Å². The summed E-state index contributed by atoms with van der Waals surface area (Å²) in [4.78, 5) is 11.9. The lowest BCUT2D eigenvalue weighted by Gasteiger charge is -2.11. The maximum absolute atomic E-state index is 11.9. The zero-order chi connectivity index (χ0) is 18.1. The Morgan fingerprint density at radius 3 is 2.60 bits per heavy atom. The van der Waals surface area contributed by atoms with Crippen molar-refractivity contribution in [3.63, 3.8) is 0 Å². The fourth-order valence-electron chi connectivity index (χ4n) is 2.11. The second-order valence-corrected chi connectivity index (χ2v) is 5.91. The van der Waals surface area contributed by atoms with Crippen LogP contribution in [0.15, 0.2) is 48.5 Å². The van der Waals surface area contributed by atoms with Gasteiger partial charge < -0.3 is 20.1 Å². The second-order valence-electron chi connectivity index (χ2n) is 5.50. The van der Waals surface area contributed by atoms with E-state index in [9.17, 15) is 4.79 Å². The Balaban J connectivity index is 1.67. The number of aryl methyl sites for hydroxylation is 1. The fraction of sp³-hybridized carbons (Fsp3) is 0.263. The Morgan fingerprint density at radius 1 is 1.12 bits per heavy atom. The molecule has 0 heterocycles. The van der Waals surface area contributed by atoms with Gasteiger partial charge in [0.05, 0.1) is 13.7 Å². The zero-order valence-electron chi connectivity index (χ0n) is 14.4. The third-order valence-electron chi connectivity index (χ3n) is 3.42. The maximum Gasteiger partial charge on any atom is 0.226 e. The normalized spacial score (nSPS) is 10.0. The summed E-state index contributed by atoms with van der Waals surface area (Å²) >= 11 is 5.14. The van der Waals surface area contributed by atoms with Gasteiger partial charge in [0.1, 0.15) is 11.5 Å². The third-order valence-corrected chi connectivity index (χ3v) is 3.62. The van der Waals surface area contributed by atoms with E-state index in [4.69, 9.17) is 21.7 Å². The predicted molar refractivity (Wildman–Crippen MR) is 103 cm³/mol. The highest BCUT2D eigenvalue weighted by atomic mass is 32.1. The SMILES string of the molecule is COc1cccc(NC(=S)NC(=O)CCCOc2ccc(C)cc2)c1. The molecule has 2 aromatic carbocycles. The largest absolute Gasteiger partial charge is 0.497 e. The smallest absolute Gasteiger partial charge is 0.226 e. The summed E-state index contributed by atoms with van der Waals surface area (Å²) in [5.74, 6) is 1.38. The summed E-state index contributed by atoms with van der Waals surface area (Å²) in [6.07, 6.45) is 0.952. The number of hydrogen-bond donors (Lipinski definition) is 2. The van der Waals surface area contributed by atoms with Gasteiger partial charge in [0, 0.05) is 18.2 Å². The summed E-state index contributed by atoms with van der Waals surface area (Å²) in [6.45, 7) is 2.50. The molecule has 0 aliphatic carbocycles. The van der Waals surface area contributed by atoms with Crippen LogP contribution in [0.5, 0.6) is 11.5 Å². The van der Waals surface area contributed by atoms with Gasteiger partial charge in [-0.15, -0.1) is 0 Å². The molecule has 0 saturated carbocycles. The van der Waals surface area contributed by atoms with E-state index in [-0.39, 0.29) is 11.0 Å². The van der Waals surface area contributed by atoms with E-state index >= 15 is 0 Å². The first-order valence-electron chi connectivity index (χ1n) is 8.01. The minimum Gasteiger partial charge on any atom is -0.497 e. The van der Waals surface area contributed by atoms with Crippen molar-refractivity contribution >= 4 is 28.9 Å². The molecule has 25 heavy (non-hydrogen) atoms. The second kappa shape index (κ2) is 9.64. The summed E-state index contributed by atoms with van der Waals surface area (Å²) in [6, 6.07) is 15.1. The van der Waals surface area contributed by atoms with Crippen LogP contribution in [0.2, 0.25) is 0 Å². The Labute approximate surface area is 153 Å². The van der Waals surface area contributed by atoms with E-state index in [1.54, 1.807) is 13.2 Å². The molecule has 2 N–H and O–H groups in total. The highest BCUT2D eigenvalue weighted by molar-refractivity contribution is 7.80. The van der Waals surface area contributed by atoms with Gasteiger partial charge in [-0.25, -0.2) is 0 Å². The number of ether oxygens (including phenoxy) is 2. The third kappa shape index (κ3) is 6.81. The monoisotopic (exact) mass is 358 g/mol. The average Bonchev–Trinajstić information content (AvgIpc) is 2.60. The number of rotatable bonds is 7. The van der Waals surface area contributed by atoms with Gasteiger partial charge in [-0.2, -0.15) is 0 Å². The van der Waals surface area contributed by atoms with Crippen molar-refractivity contribution in [3.8, 4) is 11.5 Å². The number of carbonyl (C=O) groups is 1. The topological polar surface area (TPSA) is 59.6 Å². The summed E-state index contributed by atoms with van der Waals surface area (Å²) in [7, 11) is 1.60. The Kier molecular flexibility index (Phi) is 7.22. The van der Waals surface area contributed by atoms with E-state index in [1.807, 2.05) is 49.4 Å². The van der Waals surface area contributed by atoms with Crippen LogP contribution in [0.25, 0.3) is 0 Å². The average molecular weight is 358 g/mol. The molecule has 0 fully saturated rings.